The first kappa shape index (κ1) is 16.5. The highest BCUT2D eigenvalue weighted by atomic mass is 16.2. The van der Waals surface area contributed by atoms with Crippen molar-refractivity contribution in [3.8, 4) is 17.1 Å². The molecule has 1 amide bonds. The lowest BCUT2D eigenvalue weighted by molar-refractivity contribution is 0.0920. The Morgan fingerprint density at radius 1 is 1.08 bits per heavy atom. The predicted octanol–water partition coefficient (Wildman–Crippen LogP) is 2.42. The summed E-state index contributed by atoms with van der Waals surface area (Å²) < 4.78 is 1.73. The first-order valence-electron chi connectivity index (χ1n) is 8.91. The summed E-state index contributed by atoms with van der Waals surface area (Å²) in [5.41, 5.74) is 1.79. The topological polar surface area (TPSA) is 71.8 Å². The molecule has 6 nitrogen and oxygen atoms in total. The van der Waals surface area contributed by atoms with Crippen molar-refractivity contribution in [1.29, 1.82) is 0 Å². The highest BCUT2D eigenvalue weighted by Crippen LogP contribution is 2.21. The average molecular weight is 347 g/mol. The maximum atomic E-state index is 12.7. The van der Waals surface area contributed by atoms with Crippen LogP contribution >= 0.6 is 0 Å². The standard InChI is InChI=1S/C20H21N5O/c26-20(22-16-10-7-13-21-14-16)18-23-19(15-8-3-1-4-9-15)25(24-18)17-11-5-2-6-12-17/h1-6,8-9,11-12,16,21H,7,10,13-14H2,(H,22,26). The van der Waals surface area contributed by atoms with E-state index in [0.717, 1.165) is 37.2 Å². The van der Waals surface area contributed by atoms with Gasteiger partial charge in [0.05, 0.1) is 5.69 Å². The first-order chi connectivity index (χ1) is 12.8. The summed E-state index contributed by atoms with van der Waals surface area (Å²) in [4.78, 5) is 17.2. The lowest BCUT2D eigenvalue weighted by atomic mass is 10.1. The molecular formula is C20H21N5O. The highest BCUT2D eigenvalue weighted by molar-refractivity contribution is 5.91. The molecule has 2 aromatic carbocycles. The third-order valence-corrected chi connectivity index (χ3v) is 4.48. The molecule has 0 aliphatic carbocycles. The van der Waals surface area contributed by atoms with E-state index in [-0.39, 0.29) is 17.8 Å². The van der Waals surface area contributed by atoms with Crippen LogP contribution in [0, 0.1) is 0 Å². The van der Waals surface area contributed by atoms with E-state index in [9.17, 15) is 4.79 Å². The molecule has 1 aliphatic heterocycles. The fraction of sp³-hybridized carbons (Fsp3) is 0.250. The number of nitrogens with one attached hydrogen (secondary N) is 2. The van der Waals surface area contributed by atoms with Crippen molar-refractivity contribution in [3.05, 3.63) is 66.5 Å². The normalized spacial score (nSPS) is 17.0. The molecule has 0 radical (unpaired) electrons. The number of rotatable bonds is 4. The minimum atomic E-state index is -0.231. The minimum absolute atomic E-state index is 0.125. The van der Waals surface area contributed by atoms with Gasteiger partial charge in [0.15, 0.2) is 5.82 Å². The number of carbonyl (C=O) groups excluding carboxylic acids is 1. The number of para-hydroxylation sites is 1. The zero-order valence-corrected chi connectivity index (χ0v) is 14.4. The van der Waals surface area contributed by atoms with Crippen LogP contribution in [0.3, 0.4) is 0 Å². The van der Waals surface area contributed by atoms with Crippen LogP contribution < -0.4 is 10.6 Å². The molecule has 6 heteroatoms. The van der Waals surface area contributed by atoms with Gasteiger partial charge < -0.3 is 10.6 Å². The first-order valence-corrected chi connectivity index (χ1v) is 8.91. The molecule has 1 fully saturated rings. The van der Waals surface area contributed by atoms with Crippen LogP contribution in [-0.4, -0.2) is 39.8 Å². The summed E-state index contributed by atoms with van der Waals surface area (Å²) in [6.07, 6.45) is 2.04. The van der Waals surface area contributed by atoms with Crippen molar-refractivity contribution in [1.82, 2.24) is 25.4 Å². The number of piperidine rings is 1. The van der Waals surface area contributed by atoms with E-state index in [1.54, 1.807) is 4.68 Å². The van der Waals surface area contributed by atoms with Gasteiger partial charge in [-0.2, -0.15) is 0 Å². The lowest BCUT2D eigenvalue weighted by Gasteiger charge is -2.23. The number of nitrogens with zero attached hydrogens (tertiary/aromatic N) is 3. The number of benzene rings is 2. The van der Waals surface area contributed by atoms with Crippen LogP contribution in [0.2, 0.25) is 0 Å². The van der Waals surface area contributed by atoms with E-state index in [4.69, 9.17) is 0 Å². The van der Waals surface area contributed by atoms with Gasteiger partial charge in [-0.15, -0.1) is 5.10 Å². The van der Waals surface area contributed by atoms with E-state index in [2.05, 4.69) is 20.7 Å². The van der Waals surface area contributed by atoms with Gasteiger partial charge in [-0.1, -0.05) is 48.5 Å². The van der Waals surface area contributed by atoms with Crippen LogP contribution in [0.15, 0.2) is 60.7 Å². The fourth-order valence-electron chi connectivity index (χ4n) is 3.16. The summed E-state index contributed by atoms with van der Waals surface area (Å²) in [7, 11) is 0. The van der Waals surface area contributed by atoms with Gasteiger partial charge in [0.1, 0.15) is 0 Å². The maximum Gasteiger partial charge on any atom is 0.291 e. The molecule has 1 saturated heterocycles. The summed E-state index contributed by atoms with van der Waals surface area (Å²) in [6, 6.07) is 19.7. The fourth-order valence-corrected chi connectivity index (χ4v) is 3.16. The molecule has 0 spiro atoms. The third kappa shape index (κ3) is 3.50. The smallest absolute Gasteiger partial charge is 0.291 e. The van der Waals surface area contributed by atoms with Gasteiger partial charge in [-0.05, 0) is 31.5 Å². The van der Waals surface area contributed by atoms with Crippen LogP contribution in [0.5, 0.6) is 0 Å². The van der Waals surface area contributed by atoms with Gasteiger partial charge in [-0.3, -0.25) is 4.79 Å². The molecule has 1 aromatic heterocycles. The monoisotopic (exact) mass is 347 g/mol. The Bertz CT molecular complexity index is 813. The maximum absolute atomic E-state index is 12.7. The second-order valence-corrected chi connectivity index (χ2v) is 6.39. The van der Waals surface area contributed by atoms with Gasteiger partial charge in [-0.25, -0.2) is 9.67 Å². The van der Waals surface area contributed by atoms with Gasteiger partial charge in [0, 0.05) is 18.2 Å². The molecule has 1 atom stereocenters. The van der Waals surface area contributed by atoms with Gasteiger partial charge in [0.2, 0.25) is 5.82 Å². The summed E-state index contributed by atoms with van der Waals surface area (Å²) in [5, 5.41) is 10.8. The number of amides is 1. The Kier molecular flexibility index (Phi) is 4.75. The number of aromatic nitrogens is 3. The SMILES string of the molecule is O=C(NC1CCCNC1)c1nc(-c2ccccc2)n(-c2ccccc2)n1. The van der Waals surface area contributed by atoms with Crippen LogP contribution in [-0.2, 0) is 0 Å². The molecule has 1 unspecified atom stereocenters. The van der Waals surface area contributed by atoms with Gasteiger partial charge in [0.25, 0.3) is 5.91 Å². The Morgan fingerprint density at radius 2 is 1.81 bits per heavy atom. The van der Waals surface area contributed by atoms with Crippen LogP contribution in [0.1, 0.15) is 23.5 Å². The predicted molar refractivity (Wildman–Crippen MR) is 100 cm³/mol. The van der Waals surface area contributed by atoms with E-state index in [1.807, 2.05) is 60.7 Å². The van der Waals surface area contributed by atoms with Crippen molar-refractivity contribution in [2.24, 2.45) is 0 Å². The Morgan fingerprint density at radius 3 is 2.50 bits per heavy atom. The van der Waals surface area contributed by atoms with Crippen LogP contribution in [0.25, 0.3) is 17.1 Å². The average Bonchev–Trinajstić information content (AvgIpc) is 3.16. The number of carbonyl (C=O) groups is 1. The van der Waals surface area contributed by atoms with E-state index < -0.39 is 0 Å². The zero-order chi connectivity index (χ0) is 17.8. The molecule has 0 bridgehead atoms. The molecule has 4 rings (SSSR count). The molecular weight excluding hydrogens is 326 g/mol. The second kappa shape index (κ2) is 7.49. The molecule has 1 aliphatic rings. The molecule has 0 saturated carbocycles. The highest BCUT2D eigenvalue weighted by Gasteiger charge is 2.22. The van der Waals surface area contributed by atoms with E-state index in [1.165, 1.54) is 0 Å². The summed E-state index contributed by atoms with van der Waals surface area (Å²) >= 11 is 0. The van der Waals surface area contributed by atoms with Gasteiger partial charge >= 0.3 is 0 Å². The molecule has 132 valence electrons. The minimum Gasteiger partial charge on any atom is -0.345 e. The van der Waals surface area contributed by atoms with E-state index >= 15 is 0 Å². The lowest BCUT2D eigenvalue weighted by Crippen LogP contribution is -2.45. The third-order valence-electron chi connectivity index (χ3n) is 4.48. The Balaban J connectivity index is 1.68. The largest absolute Gasteiger partial charge is 0.345 e. The molecule has 2 N–H and O–H groups in total. The Labute approximate surface area is 152 Å². The van der Waals surface area contributed by atoms with Crippen molar-refractivity contribution in [3.63, 3.8) is 0 Å². The zero-order valence-electron chi connectivity index (χ0n) is 14.4. The quantitative estimate of drug-likeness (QED) is 0.760. The summed E-state index contributed by atoms with van der Waals surface area (Å²) in [6.45, 7) is 1.79. The molecule has 3 aromatic rings. The van der Waals surface area contributed by atoms with E-state index in [0.29, 0.717) is 5.82 Å². The molecule has 26 heavy (non-hydrogen) atoms. The van der Waals surface area contributed by atoms with Crippen molar-refractivity contribution < 1.29 is 4.79 Å². The van der Waals surface area contributed by atoms with Crippen LogP contribution in [0.4, 0.5) is 0 Å². The Hall–Kier alpha value is -2.99. The van der Waals surface area contributed by atoms with Crippen molar-refractivity contribution in [2.75, 3.05) is 13.1 Å². The van der Waals surface area contributed by atoms with Crippen molar-refractivity contribution >= 4 is 5.91 Å². The molecule has 2 heterocycles. The summed E-state index contributed by atoms with van der Waals surface area (Å²) in [5.74, 6) is 0.618. The number of hydrogen-bond acceptors (Lipinski definition) is 4. The number of hydrogen-bond donors (Lipinski definition) is 2. The van der Waals surface area contributed by atoms with Crippen molar-refractivity contribution in [2.45, 2.75) is 18.9 Å². The second-order valence-electron chi connectivity index (χ2n) is 6.39.